The summed E-state index contributed by atoms with van der Waals surface area (Å²) >= 11 is 0. The van der Waals surface area contributed by atoms with Gasteiger partial charge in [0.25, 0.3) is 0 Å². The lowest BCUT2D eigenvalue weighted by Crippen LogP contribution is -2.49. The van der Waals surface area contributed by atoms with Gasteiger partial charge in [-0.1, -0.05) is 0 Å². The highest BCUT2D eigenvalue weighted by Gasteiger charge is 2.30. The minimum Gasteiger partial charge on any atom is -0.472 e. The smallest absolute Gasteiger partial charge is 0.125 e. The summed E-state index contributed by atoms with van der Waals surface area (Å²) in [6, 6.07) is 2.21. The second kappa shape index (κ2) is 2.90. The lowest BCUT2D eigenvalue weighted by atomic mass is 10.1. The lowest BCUT2D eigenvalue weighted by molar-refractivity contribution is 0.0329. The highest BCUT2D eigenvalue weighted by Crippen LogP contribution is 2.26. The van der Waals surface area contributed by atoms with Crippen LogP contribution in [0.1, 0.15) is 18.5 Å². The van der Waals surface area contributed by atoms with Gasteiger partial charge in [0, 0.05) is 24.7 Å². The van der Waals surface area contributed by atoms with E-state index in [9.17, 15) is 4.39 Å². The van der Waals surface area contributed by atoms with Crippen LogP contribution in [0.4, 0.5) is 4.39 Å². The molecule has 1 aliphatic rings. The first-order valence-electron chi connectivity index (χ1n) is 4.17. The number of furan rings is 1. The van der Waals surface area contributed by atoms with Gasteiger partial charge in [-0.25, -0.2) is 4.39 Å². The number of hydrogen-bond donors (Lipinski definition) is 0. The molecule has 0 N–H and O–H groups in total. The zero-order chi connectivity index (χ0) is 8.55. The fourth-order valence-corrected chi connectivity index (χ4v) is 1.50. The molecule has 1 aromatic heterocycles. The second-order valence-corrected chi connectivity index (χ2v) is 3.28. The van der Waals surface area contributed by atoms with Crippen LogP contribution in [0.5, 0.6) is 0 Å². The van der Waals surface area contributed by atoms with E-state index in [0.29, 0.717) is 13.1 Å². The molecule has 1 atom stereocenters. The minimum absolute atomic E-state index is 0.288. The Kier molecular flexibility index (Phi) is 1.89. The number of hydrogen-bond acceptors (Lipinski definition) is 2. The van der Waals surface area contributed by atoms with Crippen molar-refractivity contribution < 1.29 is 8.81 Å². The van der Waals surface area contributed by atoms with Gasteiger partial charge < -0.3 is 4.42 Å². The molecule has 0 aliphatic carbocycles. The summed E-state index contributed by atoms with van der Waals surface area (Å²) in [4.78, 5) is 2.09. The molecule has 2 heterocycles. The molecule has 12 heavy (non-hydrogen) atoms. The fourth-order valence-electron chi connectivity index (χ4n) is 1.50. The van der Waals surface area contributed by atoms with E-state index in [1.807, 2.05) is 6.07 Å². The Morgan fingerprint density at radius 2 is 2.42 bits per heavy atom. The highest BCUT2D eigenvalue weighted by atomic mass is 19.1. The molecule has 0 amide bonds. The van der Waals surface area contributed by atoms with Crippen LogP contribution in [0.25, 0.3) is 0 Å². The molecule has 0 spiro atoms. The topological polar surface area (TPSA) is 16.4 Å². The molecule has 1 aliphatic heterocycles. The van der Waals surface area contributed by atoms with Gasteiger partial charge in [0.2, 0.25) is 0 Å². The van der Waals surface area contributed by atoms with Crippen LogP contribution in [0.3, 0.4) is 0 Å². The maximum atomic E-state index is 12.5. The minimum atomic E-state index is -0.626. The van der Waals surface area contributed by atoms with Crippen LogP contribution in [0, 0.1) is 0 Å². The third-order valence-electron chi connectivity index (χ3n) is 2.44. The maximum Gasteiger partial charge on any atom is 0.125 e. The fraction of sp³-hybridized carbons (Fsp3) is 0.556. The van der Waals surface area contributed by atoms with Crippen molar-refractivity contribution in [3.8, 4) is 0 Å². The molecular weight excluding hydrogens is 157 g/mol. The summed E-state index contributed by atoms with van der Waals surface area (Å²) in [5, 5.41) is 0. The van der Waals surface area contributed by atoms with E-state index in [4.69, 9.17) is 4.42 Å². The number of halogens is 1. The summed E-state index contributed by atoms with van der Waals surface area (Å²) in [5.41, 5.74) is 1.13. The maximum absolute atomic E-state index is 12.5. The van der Waals surface area contributed by atoms with Gasteiger partial charge in [-0.15, -0.1) is 0 Å². The van der Waals surface area contributed by atoms with Crippen molar-refractivity contribution in [2.75, 3.05) is 13.1 Å². The Hall–Kier alpha value is -0.830. The molecule has 0 radical (unpaired) electrons. The number of nitrogens with zero attached hydrogens (tertiary/aromatic N) is 1. The van der Waals surface area contributed by atoms with Gasteiger partial charge in [0.1, 0.15) is 6.17 Å². The molecule has 1 saturated heterocycles. The Morgan fingerprint density at radius 3 is 2.92 bits per heavy atom. The predicted molar refractivity (Wildman–Crippen MR) is 43.6 cm³/mol. The zero-order valence-corrected chi connectivity index (χ0v) is 7.03. The lowest BCUT2D eigenvalue weighted by Gasteiger charge is -2.38. The Labute approximate surface area is 71.0 Å². The summed E-state index contributed by atoms with van der Waals surface area (Å²) in [6.07, 6.45) is 2.74. The molecule has 3 heteroatoms. The number of alkyl halides is 1. The van der Waals surface area contributed by atoms with Crippen molar-refractivity contribution in [3.63, 3.8) is 0 Å². The third kappa shape index (κ3) is 1.25. The van der Waals surface area contributed by atoms with E-state index in [1.54, 1.807) is 12.5 Å². The van der Waals surface area contributed by atoms with Crippen molar-refractivity contribution in [1.29, 1.82) is 0 Å². The van der Waals surface area contributed by atoms with E-state index in [1.165, 1.54) is 0 Å². The summed E-state index contributed by atoms with van der Waals surface area (Å²) in [6.45, 7) is 3.19. The van der Waals surface area contributed by atoms with Crippen molar-refractivity contribution in [3.05, 3.63) is 24.2 Å². The number of rotatable bonds is 2. The molecule has 2 rings (SSSR count). The van der Waals surface area contributed by atoms with Gasteiger partial charge in [-0.2, -0.15) is 0 Å². The molecule has 0 bridgehead atoms. The van der Waals surface area contributed by atoms with Crippen molar-refractivity contribution >= 4 is 0 Å². The SMILES string of the molecule is CC(c1ccoc1)N1CC(F)C1. The molecule has 0 aromatic carbocycles. The highest BCUT2D eigenvalue weighted by molar-refractivity contribution is 5.11. The Bertz CT molecular complexity index is 241. The van der Waals surface area contributed by atoms with Crippen LogP contribution in [0.2, 0.25) is 0 Å². The first-order chi connectivity index (χ1) is 5.77. The van der Waals surface area contributed by atoms with E-state index >= 15 is 0 Å². The Morgan fingerprint density at radius 1 is 1.67 bits per heavy atom. The molecule has 1 unspecified atom stereocenters. The molecule has 2 nitrogen and oxygen atoms in total. The van der Waals surface area contributed by atoms with Gasteiger partial charge in [0.15, 0.2) is 0 Å². The van der Waals surface area contributed by atoms with Gasteiger partial charge in [-0.3, -0.25) is 4.90 Å². The van der Waals surface area contributed by atoms with Crippen LogP contribution < -0.4 is 0 Å². The van der Waals surface area contributed by atoms with Crippen molar-refractivity contribution in [2.45, 2.75) is 19.1 Å². The van der Waals surface area contributed by atoms with Gasteiger partial charge in [0.05, 0.1) is 12.5 Å². The van der Waals surface area contributed by atoms with Crippen LogP contribution in [-0.2, 0) is 0 Å². The average Bonchev–Trinajstić information content (AvgIpc) is 2.49. The van der Waals surface area contributed by atoms with E-state index in [2.05, 4.69) is 11.8 Å². The summed E-state index contributed by atoms with van der Waals surface area (Å²) in [7, 11) is 0. The summed E-state index contributed by atoms with van der Waals surface area (Å²) < 4.78 is 17.5. The third-order valence-corrected chi connectivity index (χ3v) is 2.44. The second-order valence-electron chi connectivity index (χ2n) is 3.28. The largest absolute Gasteiger partial charge is 0.472 e. The summed E-state index contributed by atoms with van der Waals surface area (Å²) in [5.74, 6) is 0. The van der Waals surface area contributed by atoms with Crippen LogP contribution in [-0.4, -0.2) is 24.2 Å². The van der Waals surface area contributed by atoms with E-state index < -0.39 is 6.17 Å². The standard InChI is InChI=1S/C9H12FNO/c1-7(8-2-3-12-6-8)11-4-9(10)5-11/h2-3,6-7,9H,4-5H2,1H3. The van der Waals surface area contributed by atoms with Crippen molar-refractivity contribution in [1.82, 2.24) is 4.90 Å². The van der Waals surface area contributed by atoms with Gasteiger partial charge >= 0.3 is 0 Å². The van der Waals surface area contributed by atoms with Crippen molar-refractivity contribution in [2.24, 2.45) is 0 Å². The zero-order valence-electron chi connectivity index (χ0n) is 7.03. The van der Waals surface area contributed by atoms with Crippen LogP contribution >= 0.6 is 0 Å². The number of likely N-dealkylation sites (tertiary alicyclic amines) is 1. The normalized spacial score (nSPS) is 22.2. The van der Waals surface area contributed by atoms with E-state index in [-0.39, 0.29) is 6.04 Å². The first kappa shape index (κ1) is 7.80. The van der Waals surface area contributed by atoms with Crippen LogP contribution in [0.15, 0.2) is 23.0 Å². The molecule has 1 fully saturated rings. The monoisotopic (exact) mass is 169 g/mol. The average molecular weight is 169 g/mol. The molecule has 1 aromatic rings. The van der Waals surface area contributed by atoms with Gasteiger partial charge in [-0.05, 0) is 13.0 Å². The molecule has 66 valence electrons. The Balaban J connectivity index is 1.97. The molecular formula is C9H12FNO. The predicted octanol–water partition coefficient (Wildman–Crippen LogP) is 1.99. The first-order valence-corrected chi connectivity index (χ1v) is 4.17. The van der Waals surface area contributed by atoms with E-state index in [0.717, 1.165) is 5.56 Å². The quantitative estimate of drug-likeness (QED) is 0.673. The molecule has 0 saturated carbocycles.